The zero-order valence-electron chi connectivity index (χ0n) is 22.1. The van der Waals surface area contributed by atoms with Crippen LogP contribution in [0.3, 0.4) is 0 Å². The maximum Gasteiger partial charge on any atom is 0.336 e. The Morgan fingerprint density at radius 2 is 1.27 bits per heavy atom. The molecule has 0 N–H and O–H groups in total. The Morgan fingerprint density at radius 3 is 1.80 bits per heavy atom. The third-order valence-electron chi connectivity index (χ3n) is 6.37. The number of benzene rings is 2. The van der Waals surface area contributed by atoms with Crippen molar-refractivity contribution in [1.82, 2.24) is 0 Å². The van der Waals surface area contributed by atoms with Crippen molar-refractivity contribution < 1.29 is 37.4 Å². The SMILES string of the molecule is CC(=O)O[C@@H]1[C@@H](Oc2ccc3c(C)cc(=O)oc3c2)[C@H](OC(C)=O)CS[C@@H]1Oc1ccc2c(C)cc(=O)oc2c1. The lowest BCUT2D eigenvalue weighted by Crippen LogP contribution is -2.56. The molecular weight excluding hydrogens is 540 g/mol. The molecule has 1 aliphatic rings. The number of rotatable bonds is 6. The summed E-state index contributed by atoms with van der Waals surface area (Å²) in [5.74, 6) is -0.148. The minimum absolute atomic E-state index is 0.274. The van der Waals surface area contributed by atoms with Crippen molar-refractivity contribution >= 4 is 45.6 Å². The fourth-order valence-corrected chi connectivity index (χ4v) is 5.88. The number of aryl methyl sites for hydroxylation is 2. The Balaban J connectivity index is 1.49. The fourth-order valence-electron chi connectivity index (χ4n) is 4.67. The number of carbonyl (C=O) groups is 2. The standard InChI is InChI=1S/C29H26O10S/c1-14-9-25(32)38-22-11-18(5-7-20(14)22)36-27-24(34-16(3)30)13-40-29(28(27)35-17(4)31)37-19-6-8-21-15(2)10-26(33)39-23(21)12-19/h5-12,24,27-29H,13H2,1-4H3/t24-,27+,28-,29+/m1/s1. The molecule has 1 fully saturated rings. The van der Waals surface area contributed by atoms with E-state index >= 15 is 0 Å². The van der Waals surface area contributed by atoms with E-state index in [4.69, 9.17) is 27.8 Å². The smallest absolute Gasteiger partial charge is 0.336 e. The molecule has 0 amide bonds. The highest BCUT2D eigenvalue weighted by molar-refractivity contribution is 7.99. The van der Waals surface area contributed by atoms with Crippen molar-refractivity contribution in [2.24, 2.45) is 0 Å². The lowest BCUT2D eigenvalue weighted by atomic mass is 10.1. The lowest BCUT2D eigenvalue weighted by Gasteiger charge is -2.40. The van der Waals surface area contributed by atoms with Gasteiger partial charge in [-0.15, -0.1) is 11.8 Å². The number of ether oxygens (including phenoxy) is 4. The number of fused-ring (bicyclic) bond motifs is 2. The van der Waals surface area contributed by atoms with E-state index in [2.05, 4.69) is 0 Å². The number of carbonyl (C=O) groups excluding carboxylic acids is 2. The molecule has 3 heterocycles. The van der Waals surface area contributed by atoms with Gasteiger partial charge in [0.05, 0.1) is 0 Å². The van der Waals surface area contributed by atoms with Crippen molar-refractivity contribution in [2.75, 3.05) is 5.75 Å². The average Bonchev–Trinajstić information content (AvgIpc) is 2.86. The van der Waals surface area contributed by atoms with Gasteiger partial charge in [0.1, 0.15) is 22.7 Å². The summed E-state index contributed by atoms with van der Waals surface area (Å²) in [6.45, 7) is 6.15. The lowest BCUT2D eigenvalue weighted by molar-refractivity contribution is -0.168. The molecule has 11 heteroatoms. The molecule has 4 aromatic rings. The van der Waals surface area contributed by atoms with Crippen molar-refractivity contribution in [3.63, 3.8) is 0 Å². The predicted octanol–water partition coefficient (Wildman–Crippen LogP) is 4.28. The van der Waals surface area contributed by atoms with Gasteiger partial charge in [-0.1, -0.05) is 0 Å². The Bertz CT molecular complexity index is 1720. The summed E-state index contributed by atoms with van der Waals surface area (Å²) in [7, 11) is 0. The second-order valence-electron chi connectivity index (χ2n) is 9.44. The molecule has 1 saturated heterocycles. The minimum atomic E-state index is -1.01. The van der Waals surface area contributed by atoms with Gasteiger partial charge >= 0.3 is 23.2 Å². The Kier molecular flexibility index (Phi) is 7.57. The summed E-state index contributed by atoms with van der Waals surface area (Å²) in [5.41, 5.74) is 0.439. The Morgan fingerprint density at radius 1 is 0.750 bits per heavy atom. The molecule has 40 heavy (non-hydrogen) atoms. The van der Waals surface area contributed by atoms with Crippen molar-refractivity contribution in [2.45, 2.75) is 51.4 Å². The number of hydrogen-bond acceptors (Lipinski definition) is 11. The van der Waals surface area contributed by atoms with E-state index in [0.29, 0.717) is 22.7 Å². The topological polar surface area (TPSA) is 131 Å². The summed E-state index contributed by atoms with van der Waals surface area (Å²) in [6, 6.07) is 12.9. The highest BCUT2D eigenvalue weighted by atomic mass is 32.2. The van der Waals surface area contributed by atoms with Crippen LogP contribution < -0.4 is 20.7 Å². The molecule has 2 aromatic carbocycles. The number of hydrogen-bond donors (Lipinski definition) is 0. The molecule has 0 saturated carbocycles. The van der Waals surface area contributed by atoms with E-state index in [1.807, 2.05) is 6.92 Å². The first-order valence-electron chi connectivity index (χ1n) is 12.5. The van der Waals surface area contributed by atoms with Crippen molar-refractivity contribution in [3.8, 4) is 11.5 Å². The van der Waals surface area contributed by atoms with Gasteiger partial charge in [-0.25, -0.2) is 9.59 Å². The van der Waals surface area contributed by atoms with Gasteiger partial charge in [0, 0.05) is 54.6 Å². The molecule has 4 atom stereocenters. The molecule has 1 aliphatic heterocycles. The molecule has 0 unspecified atom stereocenters. The Labute approximate surface area is 232 Å². The van der Waals surface area contributed by atoms with Crippen LogP contribution in [-0.2, 0) is 19.1 Å². The average molecular weight is 567 g/mol. The van der Waals surface area contributed by atoms with Crippen LogP contribution in [0.1, 0.15) is 25.0 Å². The predicted molar refractivity (Wildman–Crippen MR) is 147 cm³/mol. The number of thioether (sulfide) groups is 1. The summed E-state index contributed by atoms with van der Waals surface area (Å²) < 4.78 is 34.4. The van der Waals surface area contributed by atoms with Gasteiger partial charge in [0.25, 0.3) is 0 Å². The van der Waals surface area contributed by atoms with Crippen molar-refractivity contribution in [3.05, 3.63) is 80.5 Å². The van der Waals surface area contributed by atoms with Crippen LogP contribution in [0, 0.1) is 13.8 Å². The maximum absolute atomic E-state index is 12.2. The van der Waals surface area contributed by atoms with Gasteiger partial charge in [-0.3, -0.25) is 9.59 Å². The minimum Gasteiger partial charge on any atom is -0.482 e. The van der Waals surface area contributed by atoms with E-state index < -0.39 is 46.9 Å². The van der Waals surface area contributed by atoms with E-state index in [-0.39, 0.29) is 5.75 Å². The number of esters is 2. The van der Waals surface area contributed by atoms with Gasteiger partial charge < -0.3 is 27.8 Å². The maximum atomic E-state index is 12.2. The van der Waals surface area contributed by atoms with Crippen LogP contribution in [0.25, 0.3) is 21.9 Å². The van der Waals surface area contributed by atoms with Gasteiger partial charge in [0.2, 0.25) is 0 Å². The van der Waals surface area contributed by atoms with Gasteiger partial charge in [-0.2, -0.15) is 0 Å². The first-order chi connectivity index (χ1) is 19.1. The first-order valence-corrected chi connectivity index (χ1v) is 13.5. The largest absolute Gasteiger partial charge is 0.482 e. The molecule has 10 nitrogen and oxygen atoms in total. The normalized spacial score (nSPS) is 20.7. The van der Waals surface area contributed by atoms with Crippen LogP contribution in [-0.4, -0.2) is 41.4 Å². The summed E-state index contributed by atoms with van der Waals surface area (Å²) >= 11 is 1.28. The van der Waals surface area contributed by atoms with Gasteiger partial charge in [-0.05, 0) is 49.2 Å². The molecule has 0 radical (unpaired) electrons. The monoisotopic (exact) mass is 566 g/mol. The van der Waals surface area contributed by atoms with Crippen LogP contribution in [0.15, 0.2) is 67.0 Å². The molecule has 208 valence electrons. The quantitative estimate of drug-likeness (QED) is 0.245. The highest BCUT2D eigenvalue weighted by Crippen LogP contribution is 2.36. The van der Waals surface area contributed by atoms with E-state index in [0.717, 1.165) is 21.9 Å². The summed E-state index contributed by atoms with van der Waals surface area (Å²) in [6.07, 6.45) is -2.76. The summed E-state index contributed by atoms with van der Waals surface area (Å²) in [5, 5.41) is 1.49. The summed E-state index contributed by atoms with van der Waals surface area (Å²) in [4.78, 5) is 47.9. The molecule has 0 bridgehead atoms. The van der Waals surface area contributed by atoms with E-state index in [9.17, 15) is 19.2 Å². The zero-order chi connectivity index (χ0) is 28.6. The van der Waals surface area contributed by atoms with Crippen LogP contribution in [0.2, 0.25) is 0 Å². The van der Waals surface area contributed by atoms with Crippen LogP contribution >= 0.6 is 11.8 Å². The molecule has 5 rings (SSSR count). The molecule has 2 aromatic heterocycles. The van der Waals surface area contributed by atoms with Gasteiger partial charge in [0.15, 0.2) is 23.7 Å². The molecular formula is C29H26O10S. The van der Waals surface area contributed by atoms with Crippen molar-refractivity contribution in [1.29, 1.82) is 0 Å². The zero-order valence-corrected chi connectivity index (χ0v) is 22.9. The molecule has 0 aliphatic carbocycles. The Hall–Kier alpha value is -4.25. The second kappa shape index (κ2) is 11.1. The first kappa shape index (κ1) is 27.3. The molecule has 0 spiro atoms. The second-order valence-corrected chi connectivity index (χ2v) is 10.6. The van der Waals surface area contributed by atoms with Crippen LogP contribution in [0.5, 0.6) is 11.5 Å². The van der Waals surface area contributed by atoms with Crippen LogP contribution in [0.4, 0.5) is 0 Å². The fraction of sp³-hybridized carbons (Fsp3) is 0.310. The van der Waals surface area contributed by atoms with E-state index in [1.54, 1.807) is 43.3 Å². The van der Waals surface area contributed by atoms with E-state index in [1.165, 1.54) is 37.7 Å². The third-order valence-corrected chi connectivity index (χ3v) is 7.59. The third kappa shape index (κ3) is 5.84. The highest BCUT2D eigenvalue weighted by Gasteiger charge is 2.47.